The van der Waals surface area contributed by atoms with E-state index in [2.05, 4.69) is 9.44 Å². The molecule has 0 fully saturated rings. The van der Waals surface area contributed by atoms with Crippen molar-refractivity contribution in [2.45, 2.75) is 19.9 Å². The molecule has 11 heavy (non-hydrogen) atoms. The Labute approximate surface area is 67.5 Å². The Morgan fingerprint density at radius 1 is 1.55 bits per heavy atom. The molecule has 0 aliphatic carbocycles. The lowest BCUT2D eigenvalue weighted by atomic mass is 10.4. The second kappa shape index (κ2) is 4.66. The minimum atomic E-state index is -3.32. The molecule has 1 atom stereocenters. The highest BCUT2D eigenvalue weighted by Crippen LogP contribution is 1.81. The van der Waals surface area contributed by atoms with Gasteiger partial charge in [-0.3, -0.25) is 0 Å². The Morgan fingerprint density at radius 2 is 2.09 bits per heavy atom. The van der Waals surface area contributed by atoms with Gasteiger partial charge in [-0.1, -0.05) is 6.92 Å². The normalized spacial score (nSPS) is 14.8. The van der Waals surface area contributed by atoms with Gasteiger partial charge in [0.2, 0.25) is 0 Å². The number of hydrogen-bond acceptors (Lipinski definition) is 3. The largest absolute Gasteiger partial charge is 0.329 e. The third-order valence-electron chi connectivity index (χ3n) is 1.04. The number of hydrogen-bond donors (Lipinski definition) is 3. The van der Waals surface area contributed by atoms with Gasteiger partial charge in [-0.05, 0) is 6.92 Å². The third-order valence-corrected chi connectivity index (χ3v) is 2.43. The summed E-state index contributed by atoms with van der Waals surface area (Å²) in [7, 11) is -3.32. The average Bonchev–Trinajstić information content (AvgIpc) is 1.86. The molecule has 0 aromatic heterocycles. The maximum absolute atomic E-state index is 10.9. The monoisotopic (exact) mass is 181 g/mol. The molecule has 0 saturated heterocycles. The van der Waals surface area contributed by atoms with E-state index in [-0.39, 0.29) is 6.04 Å². The molecule has 0 saturated carbocycles. The van der Waals surface area contributed by atoms with Gasteiger partial charge in [-0.25, -0.2) is 4.72 Å². The van der Waals surface area contributed by atoms with Crippen molar-refractivity contribution >= 4 is 10.2 Å². The van der Waals surface area contributed by atoms with Crippen LogP contribution < -0.4 is 15.2 Å². The van der Waals surface area contributed by atoms with Crippen LogP contribution in [0.2, 0.25) is 0 Å². The molecule has 0 aliphatic rings. The highest BCUT2D eigenvalue weighted by molar-refractivity contribution is 7.87. The van der Waals surface area contributed by atoms with E-state index in [0.717, 1.165) is 0 Å². The molecule has 5 nitrogen and oxygen atoms in total. The Morgan fingerprint density at radius 3 is 2.45 bits per heavy atom. The summed E-state index contributed by atoms with van der Waals surface area (Å²) in [6.07, 6.45) is 0. The summed E-state index contributed by atoms with van der Waals surface area (Å²) in [6.45, 7) is 4.10. The summed E-state index contributed by atoms with van der Waals surface area (Å²) in [6, 6.07) is -0.223. The van der Waals surface area contributed by atoms with Crippen molar-refractivity contribution in [2.24, 2.45) is 5.73 Å². The first-order valence-corrected chi connectivity index (χ1v) is 4.97. The predicted molar refractivity (Wildman–Crippen MR) is 44.2 cm³/mol. The summed E-state index contributed by atoms with van der Waals surface area (Å²) >= 11 is 0. The van der Waals surface area contributed by atoms with Gasteiger partial charge in [0.25, 0.3) is 10.2 Å². The molecule has 0 aliphatic heterocycles. The number of rotatable bonds is 5. The first-order valence-electron chi connectivity index (χ1n) is 3.48. The fourth-order valence-electron chi connectivity index (χ4n) is 0.545. The zero-order chi connectivity index (χ0) is 8.91. The van der Waals surface area contributed by atoms with Crippen molar-refractivity contribution in [3.63, 3.8) is 0 Å². The van der Waals surface area contributed by atoms with E-state index in [9.17, 15) is 8.42 Å². The van der Waals surface area contributed by atoms with Crippen LogP contribution in [0.3, 0.4) is 0 Å². The Balaban J connectivity index is 3.92. The Bertz CT molecular complexity index is 190. The Kier molecular flexibility index (Phi) is 4.58. The third kappa shape index (κ3) is 5.14. The van der Waals surface area contributed by atoms with Gasteiger partial charge in [0.15, 0.2) is 0 Å². The highest BCUT2D eigenvalue weighted by Gasteiger charge is 2.10. The zero-order valence-electron chi connectivity index (χ0n) is 6.79. The fraction of sp³-hybridized carbons (Fsp3) is 1.00. The van der Waals surface area contributed by atoms with Gasteiger partial charge >= 0.3 is 0 Å². The van der Waals surface area contributed by atoms with Crippen molar-refractivity contribution in [3.8, 4) is 0 Å². The molecule has 0 heterocycles. The fourth-order valence-corrected chi connectivity index (χ4v) is 1.63. The van der Waals surface area contributed by atoms with Crippen molar-refractivity contribution in [1.29, 1.82) is 0 Å². The quantitative estimate of drug-likeness (QED) is 0.497. The van der Waals surface area contributed by atoms with Gasteiger partial charge in [-0.2, -0.15) is 13.1 Å². The van der Waals surface area contributed by atoms with Gasteiger partial charge < -0.3 is 5.73 Å². The smallest absolute Gasteiger partial charge is 0.277 e. The van der Waals surface area contributed by atoms with Crippen LogP contribution in [-0.2, 0) is 10.2 Å². The SMILES string of the molecule is CCNS(=O)(=O)N[C@H](C)CN. The van der Waals surface area contributed by atoms with Gasteiger partial charge in [-0.15, -0.1) is 0 Å². The minimum Gasteiger partial charge on any atom is -0.329 e. The lowest BCUT2D eigenvalue weighted by molar-refractivity contribution is 0.550. The molecule has 68 valence electrons. The molecular formula is C5H15N3O2S. The van der Waals surface area contributed by atoms with Crippen molar-refractivity contribution in [2.75, 3.05) is 13.1 Å². The molecule has 0 rings (SSSR count). The van der Waals surface area contributed by atoms with E-state index in [4.69, 9.17) is 5.73 Å². The first-order chi connectivity index (χ1) is 5.02. The van der Waals surface area contributed by atoms with Crippen LogP contribution >= 0.6 is 0 Å². The molecule has 0 radical (unpaired) electrons. The standard InChI is InChI=1S/C5H15N3O2S/c1-3-7-11(9,10)8-5(2)4-6/h5,7-8H,3-4,6H2,1-2H3/t5-/m1/s1. The molecule has 0 aromatic rings. The van der Waals surface area contributed by atoms with E-state index in [0.29, 0.717) is 13.1 Å². The zero-order valence-corrected chi connectivity index (χ0v) is 7.61. The van der Waals surface area contributed by atoms with Crippen LogP contribution in [0.5, 0.6) is 0 Å². The van der Waals surface area contributed by atoms with Crippen LogP contribution in [0, 0.1) is 0 Å². The van der Waals surface area contributed by atoms with Crippen molar-refractivity contribution in [3.05, 3.63) is 0 Å². The molecule has 0 aromatic carbocycles. The van der Waals surface area contributed by atoms with Crippen LogP contribution in [-0.4, -0.2) is 27.5 Å². The molecular weight excluding hydrogens is 166 g/mol. The second-order valence-electron chi connectivity index (χ2n) is 2.26. The molecule has 0 spiro atoms. The molecule has 0 amide bonds. The predicted octanol–water partition coefficient (Wildman–Crippen LogP) is -1.22. The van der Waals surface area contributed by atoms with Crippen molar-refractivity contribution < 1.29 is 8.42 Å². The van der Waals surface area contributed by atoms with Gasteiger partial charge in [0.1, 0.15) is 0 Å². The second-order valence-corrected chi connectivity index (χ2v) is 3.79. The first kappa shape index (κ1) is 10.8. The average molecular weight is 181 g/mol. The van der Waals surface area contributed by atoms with E-state index < -0.39 is 10.2 Å². The topological polar surface area (TPSA) is 84.2 Å². The lowest BCUT2D eigenvalue weighted by Gasteiger charge is -2.11. The summed E-state index contributed by atoms with van der Waals surface area (Å²) in [5.74, 6) is 0. The van der Waals surface area contributed by atoms with Crippen LogP contribution in [0.25, 0.3) is 0 Å². The minimum absolute atomic E-state index is 0.223. The van der Waals surface area contributed by atoms with Gasteiger partial charge in [0, 0.05) is 19.1 Å². The number of nitrogens with two attached hydrogens (primary N) is 1. The maximum Gasteiger partial charge on any atom is 0.277 e. The summed E-state index contributed by atoms with van der Waals surface area (Å²) in [4.78, 5) is 0. The van der Waals surface area contributed by atoms with Crippen LogP contribution in [0.4, 0.5) is 0 Å². The van der Waals surface area contributed by atoms with Crippen LogP contribution in [0.15, 0.2) is 0 Å². The van der Waals surface area contributed by atoms with E-state index in [1.165, 1.54) is 0 Å². The van der Waals surface area contributed by atoms with Crippen LogP contribution in [0.1, 0.15) is 13.8 Å². The molecule has 0 unspecified atom stereocenters. The van der Waals surface area contributed by atoms with E-state index in [1.807, 2.05) is 0 Å². The maximum atomic E-state index is 10.9. The number of nitrogens with one attached hydrogen (secondary N) is 2. The highest BCUT2D eigenvalue weighted by atomic mass is 32.2. The van der Waals surface area contributed by atoms with E-state index in [1.54, 1.807) is 13.8 Å². The Hall–Kier alpha value is -0.170. The molecule has 4 N–H and O–H groups in total. The summed E-state index contributed by atoms with van der Waals surface area (Å²) < 4.78 is 26.5. The van der Waals surface area contributed by atoms with Gasteiger partial charge in [0.05, 0.1) is 0 Å². The van der Waals surface area contributed by atoms with E-state index >= 15 is 0 Å². The summed E-state index contributed by atoms with van der Waals surface area (Å²) in [5, 5.41) is 0. The lowest BCUT2D eigenvalue weighted by Crippen LogP contribution is -2.44. The van der Waals surface area contributed by atoms with Crippen molar-refractivity contribution in [1.82, 2.24) is 9.44 Å². The summed E-state index contributed by atoms with van der Waals surface area (Å²) in [5.41, 5.74) is 5.22. The molecule has 0 bridgehead atoms. The molecule has 6 heteroatoms.